The van der Waals surface area contributed by atoms with Crippen LogP contribution >= 0.6 is 0 Å². The van der Waals surface area contributed by atoms with Gasteiger partial charge in [0, 0.05) is 11.3 Å². The molecule has 22 heavy (non-hydrogen) atoms. The van der Waals surface area contributed by atoms with Gasteiger partial charge in [0.25, 0.3) is 0 Å². The third kappa shape index (κ3) is 2.86. The highest BCUT2D eigenvalue weighted by molar-refractivity contribution is 5.55. The molecule has 2 aromatic carbocycles. The molecule has 0 aliphatic rings. The van der Waals surface area contributed by atoms with Crippen LogP contribution in [0.1, 0.15) is 30.0 Å². The highest BCUT2D eigenvalue weighted by Crippen LogP contribution is 2.25. The predicted molar refractivity (Wildman–Crippen MR) is 87.7 cm³/mol. The lowest BCUT2D eigenvalue weighted by molar-refractivity contribution is 0.485. The van der Waals surface area contributed by atoms with Crippen molar-refractivity contribution in [3.05, 3.63) is 65.5 Å². The van der Waals surface area contributed by atoms with Crippen LogP contribution in [0.2, 0.25) is 0 Å². The third-order valence-corrected chi connectivity index (χ3v) is 3.81. The quantitative estimate of drug-likeness (QED) is 0.768. The van der Waals surface area contributed by atoms with Crippen molar-refractivity contribution >= 4 is 5.69 Å². The lowest BCUT2D eigenvalue weighted by atomic mass is 10.1. The molecule has 1 aromatic heterocycles. The minimum absolute atomic E-state index is 0.0505. The van der Waals surface area contributed by atoms with Gasteiger partial charge in [-0.2, -0.15) is 0 Å². The number of hydrogen-bond acceptors (Lipinski definition) is 4. The first kappa shape index (κ1) is 14.3. The van der Waals surface area contributed by atoms with Crippen molar-refractivity contribution < 1.29 is 4.42 Å². The predicted octanol–water partition coefficient (Wildman–Crippen LogP) is 4.53. The minimum atomic E-state index is -0.0505. The van der Waals surface area contributed by atoms with Gasteiger partial charge in [0.05, 0.1) is 0 Å². The summed E-state index contributed by atoms with van der Waals surface area (Å²) in [5, 5.41) is 11.7. The zero-order valence-electron chi connectivity index (χ0n) is 13.0. The van der Waals surface area contributed by atoms with E-state index in [0.717, 1.165) is 11.3 Å². The molecule has 1 heterocycles. The summed E-state index contributed by atoms with van der Waals surface area (Å²) in [5.41, 5.74) is 4.51. The van der Waals surface area contributed by atoms with E-state index in [1.807, 2.05) is 43.3 Å². The van der Waals surface area contributed by atoms with Gasteiger partial charge in [-0.05, 0) is 50.1 Å². The maximum Gasteiger partial charge on any atom is 0.247 e. The second kappa shape index (κ2) is 6.02. The highest BCUT2D eigenvalue weighted by atomic mass is 16.4. The van der Waals surface area contributed by atoms with Gasteiger partial charge in [-0.15, -0.1) is 10.2 Å². The lowest BCUT2D eigenvalue weighted by Crippen LogP contribution is -2.08. The SMILES string of the molecule is Cc1cccc(N[C@@H](C)c2nnc(-c3ccccc3)o2)c1C. The second-order valence-electron chi connectivity index (χ2n) is 5.42. The third-order valence-electron chi connectivity index (χ3n) is 3.81. The molecule has 0 saturated heterocycles. The summed E-state index contributed by atoms with van der Waals surface area (Å²) in [7, 11) is 0. The second-order valence-corrected chi connectivity index (χ2v) is 5.42. The van der Waals surface area contributed by atoms with Gasteiger partial charge in [-0.3, -0.25) is 0 Å². The van der Waals surface area contributed by atoms with Crippen LogP contribution in [-0.4, -0.2) is 10.2 Å². The van der Waals surface area contributed by atoms with Gasteiger partial charge >= 0.3 is 0 Å². The van der Waals surface area contributed by atoms with Gasteiger partial charge in [0.2, 0.25) is 11.8 Å². The number of benzene rings is 2. The van der Waals surface area contributed by atoms with E-state index in [1.54, 1.807) is 0 Å². The molecule has 3 rings (SSSR count). The minimum Gasteiger partial charge on any atom is -0.418 e. The molecular formula is C18H19N3O. The molecular weight excluding hydrogens is 274 g/mol. The summed E-state index contributed by atoms with van der Waals surface area (Å²) >= 11 is 0. The fourth-order valence-electron chi connectivity index (χ4n) is 2.31. The molecule has 3 aromatic rings. The Labute approximate surface area is 130 Å². The molecule has 0 unspecified atom stereocenters. The van der Waals surface area contributed by atoms with Crippen LogP contribution in [0.25, 0.3) is 11.5 Å². The average molecular weight is 293 g/mol. The smallest absolute Gasteiger partial charge is 0.247 e. The number of nitrogens with one attached hydrogen (secondary N) is 1. The summed E-state index contributed by atoms with van der Waals surface area (Å²) in [6.07, 6.45) is 0. The fourth-order valence-corrected chi connectivity index (χ4v) is 2.31. The Balaban J connectivity index is 1.80. The normalized spacial score (nSPS) is 12.1. The van der Waals surface area contributed by atoms with Gasteiger partial charge in [0.1, 0.15) is 6.04 Å². The molecule has 112 valence electrons. The van der Waals surface area contributed by atoms with Crippen molar-refractivity contribution in [1.82, 2.24) is 10.2 Å². The molecule has 0 bridgehead atoms. The first-order valence-corrected chi connectivity index (χ1v) is 7.36. The van der Waals surface area contributed by atoms with E-state index in [-0.39, 0.29) is 6.04 Å². The van der Waals surface area contributed by atoms with Crippen LogP contribution in [0.3, 0.4) is 0 Å². The molecule has 4 nitrogen and oxygen atoms in total. The largest absolute Gasteiger partial charge is 0.418 e. The van der Waals surface area contributed by atoms with Crippen LogP contribution in [0.4, 0.5) is 5.69 Å². The first-order chi connectivity index (χ1) is 10.6. The van der Waals surface area contributed by atoms with Crippen molar-refractivity contribution in [3.8, 4) is 11.5 Å². The summed E-state index contributed by atoms with van der Waals surface area (Å²) in [5.74, 6) is 1.13. The van der Waals surface area contributed by atoms with Crippen molar-refractivity contribution in [2.45, 2.75) is 26.8 Å². The maximum atomic E-state index is 5.79. The maximum absolute atomic E-state index is 5.79. The van der Waals surface area contributed by atoms with Crippen molar-refractivity contribution in [2.75, 3.05) is 5.32 Å². The lowest BCUT2D eigenvalue weighted by Gasteiger charge is -2.15. The van der Waals surface area contributed by atoms with E-state index in [0.29, 0.717) is 11.8 Å². The van der Waals surface area contributed by atoms with E-state index < -0.39 is 0 Å². The van der Waals surface area contributed by atoms with Crippen molar-refractivity contribution in [1.29, 1.82) is 0 Å². The van der Waals surface area contributed by atoms with E-state index >= 15 is 0 Å². The summed E-state index contributed by atoms with van der Waals surface area (Å²) < 4.78 is 5.79. The molecule has 0 saturated carbocycles. The van der Waals surface area contributed by atoms with Crippen LogP contribution in [0, 0.1) is 13.8 Å². The van der Waals surface area contributed by atoms with Crippen LogP contribution in [0.5, 0.6) is 0 Å². The van der Waals surface area contributed by atoms with Crippen molar-refractivity contribution in [2.24, 2.45) is 0 Å². The highest BCUT2D eigenvalue weighted by Gasteiger charge is 2.15. The average Bonchev–Trinajstić information content (AvgIpc) is 3.03. The molecule has 0 fully saturated rings. The molecule has 0 spiro atoms. The molecule has 1 N–H and O–H groups in total. The Kier molecular flexibility index (Phi) is 3.92. The Bertz CT molecular complexity index is 765. The number of nitrogens with zero attached hydrogens (tertiary/aromatic N) is 2. The number of aromatic nitrogens is 2. The fraction of sp³-hybridized carbons (Fsp3) is 0.222. The zero-order chi connectivity index (χ0) is 15.5. The van der Waals surface area contributed by atoms with Gasteiger partial charge < -0.3 is 9.73 Å². The number of rotatable bonds is 4. The molecule has 4 heteroatoms. The van der Waals surface area contributed by atoms with E-state index in [1.165, 1.54) is 11.1 Å². The Morgan fingerprint density at radius 2 is 1.73 bits per heavy atom. The summed E-state index contributed by atoms with van der Waals surface area (Å²) in [4.78, 5) is 0. The summed E-state index contributed by atoms with van der Waals surface area (Å²) in [6, 6.07) is 15.9. The molecule has 0 amide bonds. The molecule has 0 radical (unpaired) electrons. The topological polar surface area (TPSA) is 51.0 Å². The Morgan fingerprint density at radius 3 is 2.50 bits per heavy atom. The van der Waals surface area contributed by atoms with Crippen LogP contribution in [0.15, 0.2) is 52.9 Å². The zero-order valence-corrected chi connectivity index (χ0v) is 13.0. The van der Waals surface area contributed by atoms with Gasteiger partial charge in [-0.1, -0.05) is 30.3 Å². The molecule has 0 aliphatic carbocycles. The molecule has 0 aliphatic heterocycles. The standard InChI is InChI=1S/C18H19N3O/c1-12-8-7-11-16(13(12)2)19-14(3)17-20-21-18(22-17)15-9-5-4-6-10-15/h4-11,14,19H,1-3H3/t14-/m0/s1. The van der Waals surface area contributed by atoms with Gasteiger partial charge in [-0.25, -0.2) is 0 Å². The van der Waals surface area contributed by atoms with E-state index in [2.05, 4.69) is 41.5 Å². The van der Waals surface area contributed by atoms with E-state index in [9.17, 15) is 0 Å². The number of hydrogen-bond donors (Lipinski definition) is 1. The summed E-state index contributed by atoms with van der Waals surface area (Å²) in [6.45, 7) is 6.23. The first-order valence-electron chi connectivity index (χ1n) is 7.36. The number of aryl methyl sites for hydroxylation is 1. The monoisotopic (exact) mass is 293 g/mol. The Hall–Kier alpha value is -2.62. The molecule has 1 atom stereocenters. The van der Waals surface area contributed by atoms with E-state index in [4.69, 9.17) is 4.42 Å². The number of anilines is 1. The Morgan fingerprint density at radius 1 is 0.955 bits per heavy atom. The van der Waals surface area contributed by atoms with Crippen LogP contribution in [-0.2, 0) is 0 Å². The van der Waals surface area contributed by atoms with Crippen molar-refractivity contribution in [3.63, 3.8) is 0 Å². The van der Waals surface area contributed by atoms with Gasteiger partial charge in [0.15, 0.2) is 0 Å². The van der Waals surface area contributed by atoms with Crippen LogP contribution < -0.4 is 5.32 Å².